The molecule has 0 atom stereocenters. The molecule has 1 N–H and O–H groups in total. The third kappa shape index (κ3) is 2.59. The molecular formula is C11H9ClN2OS. The van der Waals surface area contributed by atoms with E-state index in [2.05, 4.69) is 10.3 Å². The maximum atomic E-state index is 11.8. The highest BCUT2D eigenvalue weighted by Crippen LogP contribution is 2.18. The fraction of sp³-hybridized carbons (Fsp3) is 0.0909. The Morgan fingerprint density at radius 2 is 2.25 bits per heavy atom. The van der Waals surface area contributed by atoms with Crippen LogP contribution in [0, 0.1) is 6.92 Å². The standard InChI is InChI=1S/C11H9ClN2OS/c1-7-2-3-9(16-7)11(15)14-8-4-5-13-10(12)6-8/h2-6H,1H3,(H,13,14,15). The number of pyridine rings is 1. The first-order valence-electron chi connectivity index (χ1n) is 4.64. The molecule has 16 heavy (non-hydrogen) atoms. The summed E-state index contributed by atoms with van der Waals surface area (Å²) in [7, 11) is 0. The Labute approximate surface area is 102 Å². The molecule has 0 aliphatic heterocycles. The molecule has 3 nitrogen and oxygen atoms in total. The van der Waals surface area contributed by atoms with Crippen LogP contribution >= 0.6 is 22.9 Å². The summed E-state index contributed by atoms with van der Waals surface area (Å²) in [5.41, 5.74) is 0.649. The van der Waals surface area contributed by atoms with Crippen LogP contribution in [0.25, 0.3) is 0 Å². The zero-order chi connectivity index (χ0) is 11.5. The number of halogens is 1. The average molecular weight is 253 g/mol. The van der Waals surface area contributed by atoms with E-state index in [0.717, 1.165) is 4.88 Å². The van der Waals surface area contributed by atoms with E-state index in [1.54, 1.807) is 24.4 Å². The van der Waals surface area contributed by atoms with Crippen molar-refractivity contribution < 1.29 is 4.79 Å². The number of carbonyl (C=O) groups is 1. The summed E-state index contributed by atoms with van der Waals surface area (Å²) < 4.78 is 0. The fourth-order valence-corrected chi connectivity index (χ4v) is 2.17. The summed E-state index contributed by atoms with van der Waals surface area (Å²) in [4.78, 5) is 17.4. The van der Waals surface area contributed by atoms with E-state index in [9.17, 15) is 4.79 Å². The molecule has 2 aromatic heterocycles. The van der Waals surface area contributed by atoms with E-state index in [1.165, 1.54) is 11.3 Å². The van der Waals surface area contributed by atoms with Gasteiger partial charge in [0.1, 0.15) is 5.15 Å². The van der Waals surface area contributed by atoms with E-state index in [-0.39, 0.29) is 5.91 Å². The van der Waals surface area contributed by atoms with Gasteiger partial charge in [0.2, 0.25) is 0 Å². The molecule has 0 saturated heterocycles. The van der Waals surface area contributed by atoms with Crippen molar-refractivity contribution in [2.45, 2.75) is 6.92 Å². The van der Waals surface area contributed by atoms with Crippen LogP contribution in [0.1, 0.15) is 14.5 Å². The first-order chi connectivity index (χ1) is 7.65. The topological polar surface area (TPSA) is 42.0 Å². The van der Waals surface area contributed by atoms with Gasteiger partial charge in [-0.15, -0.1) is 11.3 Å². The van der Waals surface area contributed by atoms with Gasteiger partial charge in [0.15, 0.2) is 0 Å². The molecule has 0 aromatic carbocycles. The molecule has 0 radical (unpaired) electrons. The number of anilines is 1. The molecule has 2 rings (SSSR count). The lowest BCUT2D eigenvalue weighted by atomic mass is 10.3. The minimum Gasteiger partial charge on any atom is -0.321 e. The van der Waals surface area contributed by atoms with Gasteiger partial charge in [-0.05, 0) is 31.2 Å². The number of nitrogens with zero attached hydrogens (tertiary/aromatic N) is 1. The number of amides is 1. The van der Waals surface area contributed by atoms with Crippen LogP contribution in [0.4, 0.5) is 5.69 Å². The van der Waals surface area contributed by atoms with E-state index < -0.39 is 0 Å². The lowest BCUT2D eigenvalue weighted by Gasteiger charge is -2.02. The third-order valence-corrected chi connectivity index (χ3v) is 3.15. The molecule has 0 spiro atoms. The van der Waals surface area contributed by atoms with Crippen molar-refractivity contribution in [1.29, 1.82) is 0 Å². The van der Waals surface area contributed by atoms with Crippen LogP contribution in [0.5, 0.6) is 0 Å². The average Bonchev–Trinajstić information content (AvgIpc) is 2.65. The highest BCUT2D eigenvalue weighted by atomic mass is 35.5. The highest BCUT2D eigenvalue weighted by Gasteiger charge is 2.08. The summed E-state index contributed by atoms with van der Waals surface area (Å²) in [6.07, 6.45) is 1.55. The number of hydrogen-bond donors (Lipinski definition) is 1. The third-order valence-electron chi connectivity index (χ3n) is 1.95. The molecule has 2 heterocycles. The predicted molar refractivity (Wildman–Crippen MR) is 66.3 cm³/mol. The monoisotopic (exact) mass is 252 g/mol. The molecule has 0 saturated carbocycles. The normalized spacial score (nSPS) is 10.1. The smallest absolute Gasteiger partial charge is 0.265 e. The summed E-state index contributed by atoms with van der Waals surface area (Å²) >= 11 is 7.18. The molecule has 0 aliphatic carbocycles. The minimum atomic E-state index is -0.125. The molecule has 0 unspecified atom stereocenters. The lowest BCUT2D eigenvalue weighted by molar-refractivity contribution is 0.103. The maximum Gasteiger partial charge on any atom is 0.265 e. The van der Waals surface area contributed by atoms with Gasteiger partial charge in [-0.2, -0.15) is 0 Å². The van der Waals surface area contributed by atoms with Gasteiger partial charge in [0.05, 0.1) is 4.88 Å². The summed E-state index contributed by atoms with van der Waals surface area (Å²) in [6, 6.07) is 7.03. The molecule has 1 amide bonds. The van der Waals surface area contributed by atoms with E-state index in [4.69, 9.17) is 11.6 Å². The number of aromatic nitrogens is 1. The summed E-state index contributed by atoms with van der Waals surface area (Å²) in [5.74, 6) is -0.125. The van der Waals surface area contributed by atoms with Crippen LogP contribution in [-0.4, -0.2) is 10.9 Å². The Balaban J connectivity index is 2.13. The van der Waals surface area contributed by atoms with Gasteiger partial charge in [0, 0.05) is 16.8 Å². The van der Waals surface area contributed by atoms with Crippen molar-refractivity contribution in [1.82, 2.24) is 4.98 Å². The number of carbonyl (C=O) groups excluding carboxylic acids is 1. The van der Waals surface area contributed by atoms with Crippen molar-refractivity contribution in [2.24, 2.45) is 0 Å². The molecule has 2 aromatic rings. The first-order valence-corrected chi connectivity index (χ1v) is 5.84. The van der Waals surface area contributed by atoms with Crippen molar-refractivity contribution in [3.8, 4) is 0 Å². The molecule has 82 valence electrons. The number of hydrogen-bond acceptors (Lipinski definition) is 3. The van der Waals surface area contributed by atoms with E-state index >= 15 is 0 Å². The van der Waals surface area contributed by atoms with Gasteiger partial charge >= 0.3 is 0 Å². The molecular weight excluding hydrogens is 244 g/mol. The maximum absolute atomic E-state index is 11.8. The summed E-state index contributed by atoms with van der Waals surface area (Å²) in [6.45, 7) is 1.96. The molecule has 0 bridgehead atoms. The fourth-order valence-electron chi connectivity index (χ4n) is 1.23. The van der Waals surface area contributed by atoms with Gasteiger partial charge in [-0.3, -0.25) is 4.79 Å². The quantitative estimate of drug-likeness (QED) is 0.833. The predicted octanol–water partition coefficient (Wildman–Crippen LogP) is 3.36. The van der Waals surface area contributed by atoms with Crippen molar-refractivity contribution >= 4 is 34.5 Å². The van der Waals surface area contributed by atoms with Gasteiger partial charge in [-0.1, -0.05) is 11.6 Å². The SMILES string of the molecule is Cc1ccc(C(=O)Nc2ccnc(Cl)c2)s1. The molecule has 5 heteroatoms. The van der Waals surface area contributed by atoms with E-state index in [0.29, 0.717) is 15.7 Å². The van der Waals surface area contributed by atoms with Crippen LogP contribution in [0.3, 0.4) is 0 Å². The summed E-state index contributed by atoms with van der Waals surface area (Å²) in [5, 5.41) is 3.12. The second-order valence-electron chi connectivity index (χ2n) is 3.23. The Bertz CT molecular complexity index is 524. The second kappa shape index (κ2) is 4.63. The Kier molecular flexibility index (Phi) is 3.22. The van der Waals surface area contributed by atoms with Crippen molar-refractivity contribution in [3.63, 3.8) is 0 Å². The van der Waals surface area contributed by atoms with Crippen LogP contribution in [-0.2, 0) is 0 Å². The second-order valence-corrected chi connectivity index (χ2v) is 4.91. The number of rotatable bonds is 2. The highest BCUT2D eigenvalue weighted by molar-refractivity contribution is 7.14. The van der Waals surface area contributed by atoms with Crippen LogP contribution in [0.2, 0.25) is 5.15 Å². The Morgan fingerprint density at radius 1 is 1.44 bits per heavy atom. The zero-order valence-corrected chi connectivity index (χ0v) is 10.1. The molecule has 0 fully saturated rings. The number of nitrogens with one attached hydrogen (secondary N) is 1. The first kappa shape index (κ1) is 11.1. The molecule has 0 aliphatic rings. The van der Waals surface area contributed by atoms with Gasteiger partial charge in [0.25, 0.3) is 5.91 Å². The van der Waals surface area contributed by atoms with Gasteiger partial charge in [-0.25, -0.2) is 4.98 Å². The van der Waals surface area contributed by atoms with Crippen molar-refractivity contribution in [3.05, 3.63) is 45.4 Å². The largest absolute Gasteiger partial charge is 0.321 e. The number of thiophene rings is 1. The van der Waals surface area contributed by atoms with Crippen molar-refractivity contribution in [2.75, 3.05) is 5.32 Å². The Hall–Kier alpha value is -1.39. The van der Waals surface area contributed by atoms with E-state index in [1.807, 2.05) is 13.0 Å². The van der Waals surface area contributed by atoms with Crippen LogP contribution < -0.4 is 5.32 Å². The Morgan fingerprint density at radius 3 is 2.88 bits per heavy atom. The van der Waals surface area contributed by atoms with Gasteiger partial charge < -0.3 is 5.32 Å². The lowest BCUT2D eigenvalue weighted by Crippen LogP contribution is -2.09. The number of aryl methyl sites for hydroxylation is 1. The van der Waals surface area contributed by atoms with Crippen LogP contribution in [0.15, 0.2) is 30.5 Å². The zero-order valence-electron chi connectivity index (χ0n) is 8.53. The minimum absolute atomic E-state index is 0.125.